The van der Waals surface area contributed by atoms with Crippen molar-refractivity contribution in [1.29, 1.82) is 0 Å². The predicted molar refractivity (Wildman–Crippen MR) is 71.1 cm³/mol. The van der Waals surface area contributed by atoms with Crippen LogP contribution in [-0.2, 0) is 9.53 Å². The van der Waals surface area contributed by atoms with Crippen molar-refractivity contribution in [2.24, 2.45) is 0 Å². The number of methoxy groups -OCH3 is 2. The van der Waals surface area contributed by atoms with Gasteiger partial charge in [0.2, 0.25) is 5.91 Å². The number of rotatable bonds is 7. The number of nitrogens with one attached hydrogen (secondary N) is 1. The number of carbonyl (C=O) groups excluding carboxylic acids is 1. The molecule has 0 bridgehead atoms. The van der Waals surface area contributed by atoms with Gasteiger partial charge in [-0.25, -0.2) is 0 Å². The summed E-state index contributed by atoms with van der Waals surface area (Å²) in [4.78, 5) is 13.5. The molecular weight excluding hydrogens is 232 g/mol. The Bertz CT molecular complexity index is 365. The Morgan fingerprint density at radius 3 is 2.50 bits per heavy atom. The lowest BCUT2D eigenvalue weighted by Crippen LogP contribution is -2.36. The molecule has 100 valence electrons. The Morgan fingerprint density at radius 1 is 1.28 bits per heavy atom. The van der Waals surface area contributed by atoms with Crippen molar-refractivity contribution in [2.45, 2.75) is 0 Å². The van der Waals surface area contributed by atoms with E-state index in [0.717, 1.165) is 11.4 Å². The van der Waals surface area contributed by atoms with Crippen molar-refractivity contribution in [3.63, 3.8) is 0 Å². The molecular formula is C13H20N2O3. The highest BCUT2D eigenvalue weighted by molar-refractivity contribution is 5.94. The van der Waals surface area contributed by atoms with Gasteiger partial charge < -0.3 is 19.7 Å². The third-order valence-electron chi connectivity index (χ3n) is 2.59. The number of nitrogens with zero attached hydrogens (tertiary/aromatic N) is 1. The smallest absolute Gasteiger partial charge is 0.240 e. The van der Waals surface area contributed by atoms with E-state index in [2.05, 4.69) is 5.32 Å². The zero-order valence-corrected chi connectivity index (χ0v) is 11.1. The highest BCUT2D eigenvalue weighted by Crippen LogP contribution is 2.17. The molecule has 0 spiro atoms. The number of benzene rings is 1. The molecule has 1 rings (SSSR count). The fourth-order valence-corrected chi connectivity index (χ4v) is 1.44. The molecule has 5 heteroatoms. The number of hydrogen-bond acceptors (Lipinski definition) is 4. The third-order valence-corrected chi connectivity index (χ3v) is 2.59. The first-order valence-electron chi connectivity index (χ1n) is 5.79. The molecule has 1 amide bonds. The average molecular weight is 252 g/mol. The minimum Gasteiger partial charge on any atom is -0.497 e. The molecule has 0 aliphatic rings. The van der Waals surface area contributed by atoms with Crippen LogP contribution in [0.2, 0.25) is 0 Å². The maximum atomic E-state index is 11.9. The minimum atomic E-state index is 0.0104. The first kappa shape index (κ1) is 14.5. The molecule has 0 aliphatic carbocycles. The van der Waals surface area contributed by atoms with Gasteiger partial charge in [-0.15, -0.1) is 0 Å². The molecule has 0 atom stereocenters. The van der Waals surface area contributed by atoms with E-state index >= 15 is 0 Å². The third kappa shape index (κ3) is 4.35. The molecule has 18 heavy (non-hydrogen) atoms. The summed E-state index contributed by atoms with van der Waals surface area (Å²) >= 11 is 0. The number of anilines is 1. The number of likely N-dealkylation sites (N-methyl/N-ethyl adjacent to an activating group) is 1. The summed E-state index contributed by atoms with van der Waals surface area (Å²) in [5.41, 5.74) is 0.842. The standard InChI is InChI=1S/C13H20N2O3/c1-15(13(16)10-14-8-9-17-2)11-4-6-12(18-3)7-5-11/h4-7,14H,8-10H2,1-3H3. The number of carbonyl (C=O) groups is 1. The highest BCUT2D eigenvalue weighted by Gasteiger charge is 2.09. The molecule has 5 nitrogen and oxygen atoms in total. The molecule has 0 saturated carbocycles. The van der Waals surface area contributed by atoms with Crippen LogP contribution >= 0.6 is 0 Å². The molecule has 0 radical (unpaired) electrons. The van der Waals surface area contributed by atoms with Crippen LogP contribution in [0.3, 0.4) is 0 Å². The van der Waals surface area contributed by atoms with Gasteiger partial charge in [0, 0.05) is 26.4 Å². The molecule has 0 aromatic heterocycles. The first-order valence-corrected chi connectivity index (χ1v) is 5.79. The monoisotopic (exact) mass is 252 g/mol. The summed E-state index contributed by atoms with van der Waals surface area (Å²) in [6.07, 6.45) is 0. The second-order valence-corrected chi connectivity index (χ2v) is 3.82. The summed E-state index contributed by atoms with van der Waals surface area (Å²) in [5.74, 6) is 0.786. The lowest BCUT2D eigenvalue weighted by molar-refractivity contribution is -0.117. The van der Waals surface area contributed by atoms with E-state index in [1.165, 1.54) is 0 Å². The van der Waals surface area contributed by atoms with Crippen LogP contribution in [-0.4, -0.2) is 46.9 Å². The Morgan fingerprint density at radius 2 is 1.94 bits per heavy atom. The molecule has 0 saturated heterocycles. The summed E-state index contributed by atoms with van der Waals surface area (Å²) in [6.45, 7) is 1.56. The number of ether oxygens (including phenoxy) is 2. The fourth-order valence-electron chi connectivity index (χ4n) is 1.44. The highest BCUT2D eigenvalue weighted by atomic mass is 16.5. The largest absolute Gasteiger partial charge is 0.497 e. The van der Waals surface area contributed by atoms with Crippen LogP contribution in [0.5, 0.6) is 5.75 Å². The van der Waals surface area contributed by atoms with Gasteiger partial charge >= 0.3 is 0 Å². The van der Waals surface area contributed by atoms with Crippen LogP contribution in [0.4, 0.5) is 5.69 Å². The zero-order valence-electron chi connectivity index (χ0n) is 11.1. The molecule has 1 N–H and O–H groups in total. The molecule has 0 unspecified atom stereocenters. The summed E-state index contributed by atoms with van der Waals surface area (Å²) in [7, 11) is 5.00. The second kappa shape index (κ2) is 7.68. The van der Waals surface area contributed by atoms with Gasteiger partial charge in [-0.1, -0.05) is 0 Å². The van der Waals surface area contributed by atoms with E-state index in [0.29, 0.717) is 19.7 Å². The number of amides is 1. The SMILES string of the molecule is COCCNCC(=O)N(C)c1ccc(OC)cc1. The Balaban J connectivity index is 2.46. The van der Waals surface area contributed by atoms with Crippen LogP contribution in [0.15, 0.2) is 24.3 Å². The average Bonchev–Trinajstić information content (AvgIpc) is 2.42. The normalized spacial score (nSPS) is 10.2. The van der Waals surface area contributed by atoms with Crippen LogP contribution in [0.1, 0.15) is 0 Å². The molecule has 0 aliphatic heterocycles. The first-order chi connectivity index (χ1) is 8.69. The van der Waals surface area contributed by atoms with Crippen molar-refractivity contribution >= 4 is 11.6 Å². The van der Waals surface area contributed by atoms with Crippen molar-refractivity contribution in [3.8, 4) is 5.75 Å². The Labute approximate surface area is 108 Å². The van der Waals surface area contributed by atoms with Crippen molar-refractivity contribution in [3.05, 3.63) is 24.3 Å². The van der Waals surface area contributed by atoms with Crippen LogP contribution in [0.25, 0.3) is 0 Å². The number of hydrogen-bond donors (Lipinski definition) is 1. The van der Waals surface area contributed by atoms with Gasteiger partial charge in [0.05, 0.1) is 20.3 Å². The van der Waals surface area contributed by atoms with Gasteiger partial charge in [0.15, 0.2) is 0 Å². The zero-order chi connectivity index (χ0) is 13.4. The quantitative estimate of drug-likeness (QED) is 0.732. The van der Waals surface area contributed by atoms with Crippen LogP contribution in [0, 0.1) is 0 Å². The van der Waals surface area contributed by atoms with E-state index in [1.807, 2.05) is 24.3 Å². The van der Waals surface area contributed by atoms with E-state index < -0.39 is 0 Å². The summed E-state index contributed by atoms with van der Waals surface area (Å²) < 4.78 is 9.96. The van der Waals surface area contributed by atoms with Crippen molar-refractivity contribution < 1.29 is 14.3 Å². The molecule has 1 aromatic rings. The maximum absolute atomic E-state index is 11.9. The Hall–Kier alpha value is -1.59. The maximum Gasteiger partial charge on any atom is 0.240 e. The lowest BCUT2D eigenvalue weighted by atomic mass is 10.3. The lowest BCUT2D eigenvalue weighted by Gasteiger charge is -2.18. The van der Waals surface area contributed by atoms with Crippen LogP contribution < -0.4 is 15.0 Å². The van der Waals surface area contributed by atoms with Gasteiger partial charge in [0.1, 0.15) is 5.75 Å². The summed E-state index contributed by atoms with van der Waals surface area (Å²) in [6, 6.07) is 7.37. The summed E-state index contributed by atoms with van der Waals surface area (Å²) in [5, 5.41) is 3.02. The van der Waals surface area contributed by atoms with E-state index in [9.17, 15) is 4.79 Å². The fraction of sp³-hybridized carbons (Fsp3) is 0.462. The van der Waals surface area contributed by atoms with Gasteiger partial charge in [-0.3, -0.25) is 4.79 Å². The van der Waals surface area contributed by atoms with E-state index in [-0.39, 0.29) is 5.91 Å². The molecule has 0 fully saturated rings. The van der Waals surface area contributed by atoms with Gasteiger partial charge in [-0.2, -0.15) is 0 Å². The second-order valence-electron chi connectivity index (χ2n) is 3.82. The Kier molecular flexibility index (Phi) is 6.18. The molecule has 0 heterocycles. The van der Waals surface area contributed by atoms with Gasteiger partial charge in [-0.05, 0) is 24.3 Å². The van der Waals surface area contributed by atoms with Gasteiger partial charge in [0.25, 0.3) is 0 Å². The van der Waals surface area contributed by atoms with E-state index in [1.54, 1.807) is 26.2 Å². The van der Waals surface area contributed by atoms with Crippen molar-refractivity contribution in [1.82, 2.24) is 5.32 Å². The predicted octanol–water partition coefficient (Wildman–Crippen LogP) is 0.894. The van der Waals surface area contributed by atoms with Crippen molar-refractivity contribution in [2.75, 3.05) is 45.9 Å². The molecule has 1 aromatic carbocycles. The topological polar surface area (TPSA) is 50.8 Å². The minimum absolute atomic E-state index is 0.0104. The van der Waals surface area contributed by atoms with E-state index in [4.69, 9.17) is 9.47 Å².